The van der Waals surface area contributed by atoms with E-state index < -0.39 is 0 Å². The molecule has 0 N–H and O–H groups in total. The highest BCUT2D eigenvalue weighted by molar-refractivity contribution is 6.00. The van der Waals surface area contributed by atoms with Crippen LogP contribution in [0.3, 0.4) is 0 Å². The predicted molar refractivity (Wildman–Crippen MR) is 100 cm³/mol. The van der Waals surface area contributed by atoms with E-state index in [9.17, 15) is 9.59 Å². The predicted octanol–water partition coefficient (Wildman–Crippen LogP) is 3.79. The SMILES string of the molecule is COC(=O)C1CCN(C(=O)C2CC2c2ccccc2C)c2ccccc21. The summed E-state index contributed by atoms with van der Waals surface area (Å²) in [5.41, 5.74) is 4.28. The first-order valence-electron chi connectivity index (χ1n) is 9.15. The van der Waals surface area contributed by atoms with Crippen LogP contribution >= 0.6 is 0 Å². The number of nitrogens with zero attached hydrogens (tertiary/aromatic N) is 1. The molecule has 26 heavy (non-hydrogen) atoms. The van der Waals surface area contributed by atoms with Gasteiger partial charge in [0.2, 0.25) is 5.91 Å². The molecule has 3 atom stereocenters. The van der Waals surface area contributed by atoms with E-state index >= 15 is 0 Å². The third-order valence-corrected chi connectivity index (χ3v) is 5.69. The van der Waals surface area contributed by atoms with Crippen LogP contribution in [0.5, 0.6) is 0 Å². The average Bonchev–Trinajstić information content (AvgIpc) is 3.47. The van der Waals surface area contributed by atoms with Gasteiger partial charge in [-0.15, -0.1) is 0 Å². The van der Waals surface area contributed by atoms with Crippen molar-refractivity contribution in [2.75, 3.05) is 18.6 Å². The zero-order chi connectivity index (χ0) is 18.3. The topological polar surface area (TPSA) is 46.6 Å². The molecule has 0 radical (unpaired) electrons. The molecule has 1 aliphatic heterocycles. The molecule has 3 unspecified atom stereocenters. The lowest BCUT2D eigenvalue weighted by atomic mass is 9.89. The normalized spacial score (nSPS) is 23.9. The van der Waals surface area contributed by atoms with Crippen LogP contribution in [-0.2, 0) is 14.3 Å². The van der Waals surface area contributed by atoms with Gasteiger partial charge in [-0.25, -0.2) is 0 Å². The van der Waals surface area contributed by atoms with Crippen LogP contribution in [0.2, 0.25) is 0 Å². The Morgan fingerprint density at radius 1 is 1.04 bits per heavy atom. The number of carbonyl (C=O) groups is 2. The zero-order valence-electron chi connectivity index (χ0n) is 15.1. The Morgan fingerprint density at radius 3 is 2.46 bits per heavy atom. The molecule has 1 amide bonds. The highest BCUT2D eigenvalue weighted by Crippen LogP contribution is 2.50. The molecule has 2 aromatic carbocycles. The van der Waals surface area contributed by atoms with E-state index in [-0.39, 0.29) is 23.7 Å². The summed E-state index contributed by atoms with van der Waals surface area (Å²) in [6, 6.07) is 16.0. The van der Waals surface area contributed by atoms with Crippen molar-refractivity contribution < 1.29 is 14.3 Å². The second-order valence-corrected chi connectivity index (χ2v) is 7.22. The van der Waals surface area contributed by atoms with Crippen molar-refractivity contribution in [2.45, 2.75) is 31.6 Å². The number of ether oxygens (including phenoxy) is 1. The average molecular weight is 349 g/mol. The summed E-state index contributed by atoms with van der Waals surface area (Å²) in [6.45, 7) is 2.67. The Hall–Kier alpha value is -2.62. The zero-order valence-corrected chi connectivity index (χ0v) is 15.1. The molecule has 0 spiro atoms. The number of esters is 1. The Balaban J connectivity index is 1.58. The smallest absolute Gasteiger partial charge is 0.313 e. The molecular weight excluding hydrogens is 326 g/mol. The van der Waals surface area contributed by atoms with Crippen molar-refractivity contribution in [1.82, 2.24) is 0 Å². The van der Waals surface area contributed by atoms with E-state index in [1.807, 2.05) is 41.3 Å². The molecule has 0 aromatic heterocycles. The van der Waals surface area contributed by atoms with Crippen molar-refractivity contribution in [3.63, 3.8) is 0 Å². The van der Waals surface area contributed by atoms with E-state index in [1.165, 1.54) is 18.2 Å². The Morgan fingerprint density at radius 2 is 1.73 bits per heavy atom. The number of hydrogen-bond donors (Lipinski definition) is 0. The van der Waals surface area contributed by atoms with Gasteiger partial charge in [0.25, 0.3) is 0 Å². The number of anilines is 1. The number of carbonyl (C=O) groups excluding carboxylic acids is 2. The number of methoxy groups -OCH3 is 1. The third kappa shape index (κ3) is 2.79. The third-order valence-electron chi connectivity index (χ3n) is 5.69. The first kappa shape index (κ1) is 16.8. The number of amides is 1. The van der Waals surface area contributed by atoms with Gasteiger partial charge in [-0.2, -0.15) is 0 Å². The minimum Gasteiger partial charge on any atom is -0.469 e. The van der Waals surface area contributed by atoms with Gasteiger partial charge >= 0.3 is 5.97 Å². The van der Waals surface area contributed by atoms with Gasteiger partial charge in [0.1, 0.15) is 0 Å². The fourth-order valence-electron chi connectivity index (χ4n) is 4.19. The summed E-state index contributed by atoms with van der Waals surface area (Å²) < 4.78 is 4.95. The number of para-hydroxylation sites is 1. The molecule has 1 fully saturated rings. The number of hydrogen-bond acceptors (Lipinski definition) is 3. The second kappa shape index (κ2) is 6.60. The van der Waals surface area contributed by atoms with Crippen LogP contribution < -0.4 is 4.90 Å². The highest BCUT2D eigenvalue weighted by Gasteiger charge is 2.47. The molecule has 0 bridgehead atoms. The van der Waals surface area contributed by atoms with Gasteiger partial charge in [0.05, 0.1) is 13.0 Å². The first-order chi connectivity index (χ1) is 12.6. The summed E-state index contributed by atoms with van der Waals surface area (Å²) in [5, 5.41) is 0. The van der Waals surface area contributed by atoms with E-state index in [1.54, 1.807) is 0 Å². The van der Waals surface area contributed by atoms with Gasteiger partial charge in [-0.05, 0) is 48.4 Å². The number of fused-ring (bicyclic) bond motifs is 1. The molecule has 4 heteroatoms. The molecule has 2 aliphatic rings. The van der Waals surface area contributed by atoms with Crippen LogP contribution in [-0.4, -0.2) is 25.5 Å². The van der Waals surface area contributed by atoms with Gasteiger partial charge < -0.3 is 9.64 Å². The monoisotopic (exact) mass is 349 g/mol. The number of benzene rings is 2. The lowest BCUT2D eigenvalue weighted by Crippen LogP contribution is -2.39. The molecule has 1 heterocycles. The summed E-state index contributed by atoms with van der Waals surface area (Å²) >= 11 is 0. The summed E-state index contributed by atoms with van der Waals surface area (Å²) in [7, 11) is 1.42. The fraction of sp³-hybridized carbons (Fsp3) is 0.364. The maximum absolute atomic E-state index is 13.2. The molecule has 1 aliphatic carbocycles. The van der Waals surface area contributed by atoms with Crippen molar-refractivity contribution in [1.29, 1.82) is 0 Å². The number of aryl methyl sites for hydroxylation is 1. The fourth-order valence-corrected chi connectivity index (χ4v) is 4.19. The first-order valence-corrected chi connectivity index (χ1v) is 9.15. The second-order valence-electron chi connectivity index (χ2n) is 7.22. The van der Waals surface area contributed by atoms with Gasteiger partial charge in [0.15, 0.2) is 0 Å². The lowest BCUT2D eigenvalue weighted by molar-refractivity contribution is -0.142. The van der Waals surface area contributed by atoms with Gasteiger partial charge in [0, 0.05) is 18.2 Å². The van der Waals surface area contributed by atoms with Crippen LogP contribution in [0.1, 0.15) is 41.4 Å². The highest BCUT2D eigenvalue weighted by atomic mass is 16.5. The molecule has 4 rings (SSSR count). The lowest BCUT2D eigenvalue weighted by Gasteiger charge is -2.33. The molecule has 0 saturated heterocycles. The molecule has 134 valence electrons. The summed E-state index contributed by atoms with van der Waals surface area (Å²) in [6.07, 6.45) is 1.51. The summed E-state index contributed by atoms with van der Waals surface area (Å²) in [4.78, 5) is 27.1. The van der Waals surface area contributed by atoms with Crippen molar-refractivity contribution in [2.24, 2.45) is 5.92 Å². The quantitative estimate of drug-likeness (QED) is 0.792. The Labute approximate surface area is 153 Å². The Bertz CT molecular complexity index is 860. The maximum atomic E-state index is 13.2. The van der Waals surface area contributed by atoms with Crippen molar-refractivity contribution in [3.05, 3.63) is 65.2 Å². The standard InChI is InChI=1S/C22H23NO3/c1-14-7-3-4-8-15(14)18-13-19(18)21(24)23-12-11-17(22(25)26-2)16-9-5-6-10-20(16)23/h3-10,17-19H,11-13H2,1-2H3. The van der Waals surface area contributed by atoms with E-state index in [4.69, 9.17) is 4.74 Å². The van der Waals surface area contributed by atoms with Crippen LogP contribution in [0.15, 0.2) is 48.5 Å². The molecular formula is C22H23NO3. The number of rotatable bonds is 3. The van der Waals surface area contributed by atoms with E-state index in [0.29, 0.717) is 18.9 Å². The van der Waals surface area contributed by atoms with Crippen LogP contribution in [0, 0.1) is 12.8 Å². The van der Waals surface area contributed by atoms with Crippen molar-refractivity contribution >= 4 is 17.6 Å². The molecule has 1 saturated carbocycles. The van der Waals surface area contributed by atoms with Crippen molar-refractivity contribution in [3.8, 4) is 0 Å². The van der Waals surface area contributed by atoms with Gasteiger partial charge in [-0.3, -0.25) is 9.59 Å². The molecule has 4 nitrogen and oxygen atoms in total. The minimum absolute atomic E-state index is 0.0406. The minimum atomic E-state index is -0.286. The van der Waals surface area contributed by atoms with Crippen LogP contribution in [0.25, 0.3) is 0 Å². The molecule has 2 aromatic rings. The summed E-state index contributed by atoms with van der Waals surface area (Å²) in [5.74, 6) is 0.0161. The largest absolute Gasteiger partial charge is 0.469 e. The van der Waals surface area contributed by atoms with Gasteiger partial charge in [-0.1, -0.05) is 42.5 Å². The maximum Gasteiger partial charge on any atom is 0.313 e. The van der Waals surface area contributed by atoms with E-state index in [0.717, 1.165) is 17.7 Å². The van der Waals surface area contributed by atoms with Crippen LogP contribution in [0.4, 0.5) is 5.69 Å². The van der Waals surface area contributed by atoms with E-state index in [2.05, 4.69) is 19.1 Å². The Kier molecular flexibility index (Phi) is 4.27.